The SMILES string of the molecule is O=c1oc2ccccc2cc1-c1csc(N2N=C(c3ccccc3F)CC2c2cc3ccccc3nc2Cl)n1. The molecule has 9 heteroatoms. The van der Waals surface area contributed by atoms with Crippen LogP contribution >= 0.6 is 22.9 Å². The van der Waals surface area contributed by atoms with Gasteiger partial charge in [-0.3, -0.25) is 0 Å². The second-order valence-electron chi connectivity index (χ2n) is 9.15. The zero-order valence-corrected chi connectivity index (χ0v) is 21.8. The first kappa shape index (κ1) is 23.7. The molecular formula is C30H18ClFN4O2S. The predicted molar refractivity (Wildman–Crippen MR) is 153 cm³/mol. The van der Waals surface area contributed by atoms with E-state index in [4.69, 9.17) is 26.1 Å². The number of benzene rings is 3. The third-order valence-electron chi connectivity index (χ3n) is 6.76. The van der Waals surface area contributed by atoms with Gasteiger partial charge >= 0.3 is 5.63 Å². The number of thiazole rings is 1. The first-order chi connectivity index (χ1) is 19.0. The molecule has 1 unspecified atom stereocenters. The van der Waals surface area contributed by atoms with Gasteiger partial charge in [-0.1, -0.05) is 66.2 Å². The maximum Gasteiger partial charge on any atom is 0.345 e. The summed E-state index contributed by atoms with van der Waals surface area (Å²) in [7, 11) is 0. The Morgan fingerprint density at radius 1 is 0.923 bits per heavy atom. The van der Waals surface area contributed by atoms with E-state index in [0.717, 1.165) is 21.9 Å². The summed E-state index contributed by atoms with van der Waals surface area (Å²) >= 11 is 8.04. The molecule has 0 saturated heterocycles. The Balaban J connectivity index is 1.35. The minimum absolute atomic E-state index is 0.348. The van der Waals surface area contributed by atoms with E-state index in [0.29, 0.717) is 44.8 Å². The molecule has 1 aliphatic heterocycles. The molecule has 190 valence electrons. The molecule has 6 aromatic rings. The van der Waals surface area contributed by atoms with Crippen molar-refractivity contribution in [1.82, 2.24) is 9.97 Å². The van der Waals surface area contributed by atoms with Crippen molar-refractivity contribution < 1.29 is 8.81 Å². The molecule has 7 rings (SSSR count). The summed E-state index contributed by atoms with van der Waals surface area (Å²) in [5.41, 5.74) is 3.41. The van der Waals surface area contributed by atoms with Crippen LogP contribution in [0.2, 0.25) is 5.15 Å². The molecule has 39 heavy (non-hydrogen) atoms. The average Bonchev–Trinajstić information content (AvgIpc) is 3.60. The first-order valence-corrected chi connectivity index (χ1v) is 13.5. The molecule has 0 bridgehead atoms. The summed E-state index contributed by atoms with van der Waals surface area (Å²) in [4.78, 5) is 22.2. The van der Waals surface area contributed by atoms with Crippen molar-refractivity contribution in [2.24, 2.45) is 5.10 Å². The highest BCUT2D eigenvalue weighted by atomic mass is 35.5. The van der Waals surface area contributed by atoms with E-state index in [1.54, 1.807) is 40.7 Å². The van der Waals surface area contributed by atoms with Crippen LogP contribution in [0.4, 0.5) is 9.52 Å². The molecule has 0 aliphatic carbocycles. The van der Waals surface area contributed by atoms with Crippen LogP contribution < -0.4 is 10.6 Å². The Bertz CT molecular complexity index is 1990. The highest BCUT2D eigenvalue weighted by Gasteiger charge is 2.34. The van der Waals surface area contributed by atoms with Crippen molar-refractivity contribution in [2.75, 3.05) is 5.01 Å². The first-order valence-electron chi connectivity index (χ1n) is 12.2. The maximum atomic E-state index is 14.8. The molecule has 0 fully saturated rings. The van der Waals surface area contributed by atoms with Crippen LogP contribution in [0.15, 0.2) is 105 Å². The van der Waals surface area contributed by atoms with Gasteiger partial charge in [-0.25, -0.2) is 24.2 Å². The lowest BCUT2D eigenvalue weighted by atomic mass is 9.98. The number of aromatic nitrogens is 2. The molecule has 3 aromatic carbocycles. The lowest BCUT2D eigenvalue weighted by molar-refractivity contribution is 0.563. The van der Waals surface area contributed by atoms with Crippen LogP contribution in [-0.2, 0) is 0 Å². The molecule has 1 atom stereocenters. The van der Waals surface area contributed by atoms with Crippen molar-refractivity contribution in [3.8, 4) is 11.3 Å². The fraction of sp³-hybridized carbons (Fsp3) is 0.0667. The maximum absolute atomic E-state index is 14.8. The van der Waals surface area contributed by atoms with Crippen molar-refractivity contribution in [3.05, 3.63) is 123 Å². The third kappa shape index (κ3) is 4.18. The third-order valence-corrected chi connectivity index (χ3v) is 7.90. The van der Waals surface area contributed by atoms with Gasteiger partial charge in [0.15, 0.2) is 0 Å². The quantitative estimate of drug-likeness (QED) is 0.166. The van der Waals surface area contributed by atoms with Gasteiger partial charge in [0.05, 0.1) is 28.5 Å². The number of hydrogen-bond donors (Lipinski definition) is 0. The van der Waals surface area contributed by atoms with Gasteiger partial charge in [0.2, 0.25) is 5.13 Å². The summed E-state index contributed by atoms with van der Waals surface area (Å²) in [6.07, 6.45) is 0.397. The summed E-state index contributed by atoms with van der Waals surface area (Å²) in [6.45, 7) is 0. The standard InChI is InChI=1S/C30H18ClFN4O2S/c31-28-21(13-17-7-1-5-11-23(17)33-28)26-15-24(19-9-3-4-10-22(19)32)35-36(26)30-34-25(16-39-30)20-14-18-8-2-6-12-27(18)38-29(20)37/h1-14,16,26H,15H2. The van der Waals surface area contributed by atoms with E-state index in [-0.39, 0.29) is 11.9 Å². The van der Waals surface area contributed by atoms with Crippen molar-refractivity contribution in [1.29, 1.82) is 0 Å². The van der Waals surface area contributed by atoms with E-state index in [2.05, 4.69) is 4.98 Å². The molecule has 0 saturated carbocycles. The lowest BCUT2D eigenvalue weighted by Gasteiger charge is -2.22. The summed E-state index contributed by atoms with van der Waals surface area (Å²) in [6, 6.07) is 25.0. The molecule has 0 amide bonds. The van der Waals surface area contributed by atoms with Crippen molar-refractivity contribution in [2.45, 2.75) is 12.5 Å². The van der Waals surface area contributed by atoms with E-state index in [1.807, 2.05) is 48.5 Å². The van der Waals surface area contributed by atoms with Crippen LogP contribution in [0.5, 0.6) is 0 Å². The van der Waals surface area contributed by atoms with Gasteiger partial charge in [0.1, 0.15) is 16.6 Å². The second kappa shape index (κ2) is 9.41. The number of para-hydroxylation sites is 2. The fourth-order valence-corrected chi connectivity index (χ4v) is 5.96. The number of hydrogen-bond acceptors (Lipinski definition) is 7. The Hall–Kier alpha value is -4.40. The Morgan fingerprint density at radius 2 is 1.69 bits per heavy atom. The summed E-state index contributed by atoms with van der Waals surface area (Å²) in [5, 5.41) is 11.0. The highest BCUT2D eigenvalue weighted by Crippen LogP contribution is 2.42. The smallest absolute Gasteiger partial charge is 0.345 e. The van der Waals surface area contributed by atoms with E-state index < -0.39 is 5.63 Å². The molecule has 6 nitrogen and oxygen atoms in total. The number of hydrazone groups is 1. The Kier molecular flexibility index (Phi) is 5.72. The van der Waals surface area contributed by atoms with Crippen LogP contribution in [0.3, 0.4) is 0 Å². The molecule has 3 aromatic heterocycles. The van der Waals surface area contributed by atoms with E-state index in [1.165, 1.54) is 17.4 Å². The largest absolute Gasteiger partial charge is 0.422 e. The zero-order valence-electron chi connectivity index (χ0n) is 20.2. The van der Waals surface area contributed by atoms with Crippen molar-refractivity contribution in [3.63, 3.8) is 0 Å². The van der Waals surface area contributed by atoms with Gasteiger partial charge in [0, 0.05) is 33.7 Å². The van der Waals surface area contributed by atoms with E-state index in [9.17, 15) is 9.18 Å². The van der Waals surface area contributed by atoms with Gasteiger partial charge in [0.25, 0.3) is 0 Å². The lowest BCUT2D eigenvalue weighted by Crippen LogP contribution is -2.19. The molecule has 0 radical (unpaired) electrons. The minimum Gasteiger partial charge on any atom is -0.422 e. The van der Waals surface area contributed by atoms with Gasteiger partial charge in [-0.2, -0.15) is 5.10 Å². The van der Waals surface area contributed by atoms with Crippen LogP contribution in [0, 0.1) is 5.82 Å². The van der Waals surface area contributed by atoms with Crippen LogP contribution in [0.25, 0.3) is 33.1 Å². The van der Waals surface area contributed by atoms with Gasteiger partial charge in [-0.15, -0.1) is 11.3 Å². The normalized spacial score (nSPS) is 15.3. The number of halogens is 2. The number of rotatable bonds is 4. The monoisotopic (exact) mass is 552 g/mol. The topological polar surface area (TPSA) is 71.6 Å². The Labute approximate surface area is 230 Å². The number of pyridine rings is 1. The van der Waals surface area contributed by atoms with E-state index >= 15 is 0 Å². The molecule has 4 heterocycles. The van der Waals surface area contributed by atoms with Crippen LogP contribution in [-0.4, -0.2) is 15.7 Å². The number of fused-ring (bicyclic) bond motifs is 2. The molecule has 1 aliphatic rings. The molecule has 0 spiro atoms. The van der Waals surface area contributed by atoms with Crippen LogP contribution in [0.1, 0.15) is 23.6 Å². The predicted octanol–water partition coefficient (Wildman–Crippen LogP) is 7.61. The molecular weight excluding hydrogens is 535 g/mol. The minimum atomic E-state index is -0.471. The summed E-state index contributed by atoms with van der Waals surface area (Å²) in [5.74, 6) is -0.354. The fourth-order valence-electron chi connectivity index (χ4n) is 4.86. The zero-order chi connectivity index (χ0) is 26.5. The highest BCUT2D eigenvalue weighted by molar-refractivity contribution is 7.14. The Morgan fingerprint density at radius 3 is 2.56 bits per heavy atom. The molecule has 0 N–H and O–H groups in total. The number of anilines is 1. The number of nitrogens with zero attached hydrogens (tertiary/aromatic N) is 4. The second-order valence-corrected chi connectivity index (χ2v) is 10.3. The van der Waals surface area contributed by atoms with Gasteiger partial charge < -0.3 is 4.42 Å². The average molecular weight is 553 g/mol. The van der Waals surface area contributed by atoms with Gasteiger partial charge in [-0.05, 0) is 30.3 Å². The summed E-state index contributed by atoms with van der Waals surface area (Å²) < 4.78 is 20.3. The van der Waals surface area contributed by atoms with Crippen molar-refractivity contribution >= 4 is 55.7 Å².